The van der Waals surface area contributed by atoms with E-state index < -0.39 is 0 Å². The Morgan fingerprint density at radius 3 is 2.64 bits per heavy atom. The molecule has 0 heterocycles. The van der Waals surface area contributed by atoms with E-state index in [0.717, 1.165) is 24.3 Å². The Kier molecular flexibility index (Phi) is 8.75. The molecule has 2 rings (SSSR count). The summed E-state index contributed by atoms with van der Waals surface area (Å²) in [6.07, 6.45) is 2.08. The summed E-state index contributed by atoms with van der Waals surface area (Å²) in [5.41, 5.74) is 1.20. The summed E-state index contributed by atoms with van der Waals surface area (Å²) >= 11 is 5.29. The molecule has 6 heteroatoms. The summed E-state index contributed by atoms with van der Waals surface area (Å²) in [6.45, 7) is 7.45. The predicted molar refractivity (Wildman–Crippen MR) is 117 cm³/mol. The fraction of sp³-hybridized carbons (Fsp3) is 0.364. The molecule has 0 bridgehead atoms. The number of amides is 1. The molecule has 5 nitrogen and oxygen atoms in total. The number of para-hydroxylation sites is 1. The molecular weight excluding hydrogens is 372 g/mol. The van der Waals surface area contributed by atoms with Crippen molar-refractivity contribution in [3.8, 4) is 11.5 Å². The maximum atomic E-state index is 12.6. The third-order valence-electron chi connectivity index (χ3n) is 3.79. The Labute approximate surface area is 172 Å². The van der Waals surface area contributed by atoms with Crippen molar-refractivity contribution in [2.75, 3.05) is 18.5 Å². The number of carbonyl (C=O) groups is 1. The van der Waals surface area contributed by atoms with Gasteiger partial charge in [-0.05, 0) is 48.8 Å². The van der Waals surface area contributed by atoms with Crippen LogP contribution in [0.1, 0.15) is 44.0 Å². The van der Waals surface area contributed by atoms with Gasteiger partial charge in [-0.25, -0.2) is 0 Å². The molecule has 0 radical (unpaired) electrons. The fourth-order valence-electron chi connectivity index (χ4n) is 2.37. The van der Waals surface area contributed by atoms with Crippen molar-refractivity contribution in [3.63, 3.8) is 0 Å². The molecule has 0 fully saturated rings. The van der Waals surface area contributed by atoms with Crippen LogP contribution in [0.5, 0.6) is 11.5 Å². The molecule has 2 aromatic carbocycles. The van der Waals surface area contributed by atoms with Crippen LogP contribution in [0.2, 0.25) is 0 Å². The second kappa shape index (κ2) is 11.3. The van der Waals surface area contributed by atoms with Crippen molar-refractivity contribution in [1.29, 1.82) is 0 Å². The summed E-state index contributed by atoms with van der Waals surface area (Å²) in [7, 11) is 0. The third-order valence-corrected chi connectivity index (χ3v) is 3.99. The highest BCUT2D eigenvalue weighted by atomic mass is 32.1. The number of ether oxygens (including phenoxy) is 2. The summed E-state index contributed by atoms with van der Waals surface area (Å²) in [5.74, 6) is 1.36. The lowest BCUT2D eigenvalue weighted by Gasteiger charge is -2.14. The van der Waals surface area contributed by atoms with E-state index in [2.05, 4.69) is 31.4 Å². The lowest BCUT2D eigenvalue weighted by atomic mass is 10.2. The van der Waals surface area contributed by atoms with E-state index in [1.807, 2.05) is 30.3 Å². The summed E-state index contributed by atoms with van der Waals surface area (Å²) in [5, 5.41) is 5.94. The molecule has 28 heavy (non-hydrogen) atoms. The van der Waals surface area contributed by atoms with Gasteiger partial charge in [0.25, 0.3) is 5.91 Å². The van der Waals surface area contributed by atoms with E-state index in [1.165, 1.54) is 0 Å². The van der Waals surface area contributed by atoms with E-state index in [4.69, 9.17) is 21.7 Å². The van der Waals surface area contributed by atoms with Gasteiger partial charge in [-0.2, -0.15) is 0 Å². The van der Waals surface area contributed by atoms with Crippen molar-refractivity contribution in [1.82, 2.24) is 5.32 Å². The maximum absolute atomic E-state index is 12.6. The molecule has 0 aliphatic carbocycles. The van der Waals surface area contributed by atoms with Crippen LogP contribution in [0.15, 0.2) is 48.5 Å². The number of thiocarbonyl (C=S) groups is 1. The van der Waals surface area contributed by atoms with Gasteiger partial charge in [0.2, 0.25) is 0 Å². The molecule has 0 unspecified atom stereocenters. The van der Waals surface area contributed by atoms with Crippen LogP contribution in [0.4, 0.5) is 5.69 Å². The molecule has 0 aliphatic heterocycles. The Balaban J connectivity index is 1.96. The highest BCUT2D eigenvalue weighted by Crippen LogP contribution is 2.20. The van der Waals surface area contributed by atoms with Crippen LogP contribution in [0.3, 0.4) is 0 Å². The molecule has 2 N–H and O–H groups in total. The number of rotatable bonds is 9. The average Bonchev–Trinajstić information content (AvgIpc) is 2.67. The number of unbranched alkanes of at least 4 members (excludes halogenated alkanes) is 1. The summed E-state index contributed by atoms with van der Waals surface area (Å²) in [6, 6.07) is 14.6. The zero-order valence-electron chi connectivity index (χ0n) is 16.7. The normalized spacial score (nSPS) is 10.4. The lowest BCUT2D eigenvalue weighted by Crippen LogP contribution is -2.34. The minimum absolute atomic E-state index is 0.217. The van der Waals surface area contributed by atoms with Gasteiger partial charge in [0.05, 0.1) is 18.8 Å². The highest BCUT2D eigenvalue weighted by Gasteiger charge is 2.14. The van der Waals surface area contributed by atoms with Gasteiger partial charge < -0.3 is 14.8 Å². The first kappa shape index (κ1) is 21.7. The third kappa shape index (κ3) is 7.19. The van der Waals surface area contributed by atoms with Crippen LogP contribution < -0.4 is 20.1 Å². The molecule has 1 amide bonds. The molecular formula is C22H28N2O3S. The van der Waals surface area contributed by atoms with Crippen LogP contribution in [0.25, 0.3) is 0 Å². The SMILES string of the molecule is CCCCOc1cccc(NC(=S)NC(=O)c2ccccc2OCC(C)C)c1. The Morgan fingerprint density at radius 2 is 1.89 bits per heavy atom. The van der Waals surface area contributed by atoms with Gasteiger partial charge in [-0.15, -0.1) is 0 Å². The average molecular weight is 401 g/mol. The first-order valence-electron chi connectivity index (χ1n) is 9.56. The van der Waals surface area contributed by atoms with E-state index in [0.29, 0.717) is 30.4 Å². The van der Waals surface area contributed by atoms with E-state index in [9.17, 15) is 4.79 Å². The monoisotopic (exact) mass is 400 g/mol. The second-order valence-corrected chi connectivity index (χ2v) is 7.25. The molecule has 0 atom stereocenters. The molecule has 0 aromatic heterocycles. The van der Waals surface area contributed by atoms with Gasteiger partial charge in [0.15, 0.2) is 5.11 Å². The van der Waals surface area contributed by atoms with Crippen LogP contribution in [-0.4, -0.2) is 24.2 Å². The minimum Gasteiger partial charge on any atom is -0.494 e. The van der Waals surface area contributed by atoms with E-state index >= 15 is 0 Å². The Hall–Kier alpha value is -2.60. The Bertz CT molecular complexity index is 793. The number of carbonyl (C=O) groups excluding carboxylic acids is 1. The van der Waals surface area contributed by atoms with Crippen molar-refractivity contribution in [2.45, 2.75) is 33.6 Å². The highest BCUT2D eigenvalue weighted by molar-refractivity contribution is 7.80. The van der Waals surface area contributed by atoms with Crippen LogP contribution >= 0.6 is 12.2 Å². The van der Waals surface area contributed by atoms with Gasteiger partial charge in [0.1, 0.15) is 11.5 Å². The van der Waals surface area contributed by atoms with Gasteiger partial charge >= 0.3 is 0 Å². The molecule has 0 saturated carbocycles. The van der Waals surface area contributed by atoms with Gasteiger partial charge in [-0.1, -0.05) is 45.4 Å². The number of hydrogen-bond acceptors (Lipinski definition) is 4. The zero-order chi connectivity index (χ0) is 20.4. The van der Waals surface area contributed by atoms with E-state index in [-0.39, 0.29) is 11.0 Å². The van der Waals surface area contributed by atoms with Crippen molar-refractivity contribution in [3.05, 3.63) is 54.1 Å². The number of nitrogens with one attached hydrogen (secondary N) is 2. The first-order valence-corrected chi connectivity index (χ1v) is 9.97. The standard InChI is InChI=1S/C22H28N2O3S/c1-4-5-13-26-18-10-8-9-17(14-18)23-22(28)24-21(25)19-11-6-7-12-20(19)27-15-16(2)3/h6-12,14,16H,4-5,13,15H2,1-3H3,(H2,23,24,25,28). The number of benzene rings is 2. The van der Waals surface area contributed by atoms with Crippen molar-refractivity contribution >= 4 is 28.9 Å². The minimum atomic E-state index is -0.313. The van der Waals surface area contributed by atoms with Crippen LogP contribution in [0, 0.1) is 5.92 Å². The first-order chi connectivity index (χ1) is 13.5. The quantitative estimate of drug-likeness (QED) is 0.457. The molecule has 0 aliphatic rings. The van der Waals surface area contributed by atoms with Gasteiger partial charge in [0, 0.05) is 11.8 Å². The number of anilines is 1. The fourth-order valence-corrected chi connectivity index (χ4v) is 2.58. The molecule has 150 valence electrons. The zero-order valence-corrected chi connectivity index (χ0v) is 17.5. The van der Waals surface area contributed by atoms with Crippen molar-refractivity contribution < 1.29 is 14.3 Å². The van der Waals surface area contributed by atoms with Crippen molar-refractivity contribution in [2.24, 2.45) is 5.92 Å². The number of hydrogen-bond donors (Lipinski definition) is 2. The molecule has 0 saturated heterocycles. The molecule has 0 spiro atoms. The predicted octanol–water partition coefficient (Wildman–Crippen LogP) is 5.03. The summed E-state index contributed by atoms with van der Waals surface area (Å²) < 4.78 is 11.4. The lowest BCUT2D eigenvalue weighted by molar-refractivity contribution is 0.0973. The smallest absolute Gasteiger partial charge is 0.261 e. The van der Waals surface area contributed by atoms with E-state index in [1.54, 1.807) is 18.2 Å². The molecule has 2 aromatic rings. The second-order valence-electron chi connectivity index (χ2n) is 6.84. The largest absolute Gasteiger partial charge is 0.494 e. The maximum Gasteiger partial charge on any atom is 0.261 e. The summed E-state index contributed by atoms with van der Waals surface area (Å²) in [4.78, 5) is 12.6. The van der Waals surface area contributed by atoms with Crippen LogP contribution in [-0.2, 0) is 0 Å². The topological polar surface area (TPSA) is 59.6 Å². The van der Waals surface area contributed by atoms with Gasteiger partial charge in [-0.3, -0.25) is 10.1 Å². The Morgan fingerprint density at radius 1 is 1.11 bits per heavy atom.